The number of carbonyl (C=O) groups excluding carboxylic acids is 2. The maximum absolute atomic E-state index is 13.1. The third-order valence-corrected chi connectivity index (χ3v) is 15.8. The lowest BCUT2D eigenvalue weighted by Crippen LogP contribution is -2.66. The van der Waals surface area contributed by atoms with Gasteiger partial charge in [0.05, 0.1) is 0 Å². The smallest absolute Gasteiger partial charge is 0.302 e. The van der Waals surface area contributed by atoms with E-state index < -0.39 is 0 Å². The molecular weight excluding hydrogens is 480 g/mol. The Morgan fingerprint density at radius 1 is 0.838 bits per heavy atom. The summed E-state index contributed by atoms with van der Waals surface area (Å²) in [6, 6.07) is 0. The summed E-state index contributed by atoms with van der Waals surface area (Å²) < 4.78 is 6.00. The molecule has 6 aliphatic rings. The third kappa shape index (κ3) is 2.72. The van der Waals surface area contributed by atoms with Crippen molar-refractivity contribution >= 4 is 22.8 Å². The number of fused-ring (bicyclic) bond motifs is 6. The number of hydrogen-bond donors (Lipinski definition) is 0. The van der Waals surface area contributed by atoms with E-state index in [1.807, 2.05) is 0 Å². The van der Waals surface area contributed by atoms with E-state index in [1.54, 1.807) is 6.92 Å². The second-order valence-corrected chi connectivity index (χ2v) is 15.9. The predicted octanol–water partition coefficient (Wildman–Crippen LogP) is 8.34. The number of hydrogen-bond acceptors (Lipinski definition) is 3. The molecule has 0 aromatic rings. The van der Waals surface area contributed by atoms with E-state index in [1.165, 1.54) is 31.3 Å². The molecule has 6 aliphatic carbocycles. The number of rotatable bonds is 3. The summed E-state index contributed by atoms with van der Waals surface area (Å²) in [7, 11) is 0. The second kappa shape index (κ2) is 7.67. The van der Waals surface area contributed by atoms with Gasteiger partial charge in [-0.3, -0.25) is 9.59 Å². The SMILES string of the molecule is C=C(C)[C@@H]1CC[C@]2(C(=O)Cl)CC[C@]3(C)[C@H](CC[C@H]4[C@@]3(C)CC[C@@]35C(C)C3(C)[C@@H](OC(C)=O)CC[C@]45C)[C@@H]12. The number of ether oxygens (including phenoxy) is 1. The van der Waals surface area contributed by atoms with Gasteiger partial charge in [0.2, 0.25) is 5.24 Å². The van der Waals surface area contributed by atoms with Crippen molar-refractivity contribution in [3.05, 3.63) is 12.2 Å². The van der Waals surface area contributed by atoms with Crippen LogP contribution in [0, 0.1) is 62.1 Å². The highest BCUT2D eigenvalue weighted by atomic mass is 35.5. The fraction of sp³-hybridized carbons (Fsp3) is 0.879. The molecule has 0 aromatic carbocycles. The van der Waals surface area contributed by atoms with Gasteiger partial charge in [-0.05, 0) is 134 Å². The molecule has 37 heavy (non-hydrogen) atoms. The lowest BCUT2D eigenvalue weighted by atomic mass is 9.32. The van der Waals surface area contributed by atoms with Crippen molar-refractivity contribution < 1.29 is 14.3 Å². The Morgan fingerprint density at radius 2 is 1.51 bits per heavy atom. The first kappa shape index (κ1) is 26.4. The zero-order chi connectivity index (χ0) is 27.0. The van der Waals surface area contributed by atoms with Crippen LogP contribution in [0.5, 0.6) is 0 Å². The fourth-order valence-electron chi connectivity index (χ4n) is 13.5. The molecule has 6 rings (SSSR count). The molecule has 2 unspecified atom stereocenters. The van der Waals surface area contributed by atoms with E-state index in [0.29, 0.717) is 29.6 Å². The summed E-state index contributed by atoms with van der Waals surface area (Å²) in [5.74, 6) is 2.43. The summed E-state index contributed by atoms with van der Waals surface area (Å²) in [5, 5.41) is -0.0727. The summed E-state index contributed by atoms with van der Waals surface area (Å²) in [4.78, 5) is 25.1. The van der Waals surface area contributed by atoms with Gasteiger partial charge in [-0.15, -0.1) is 0 Å². The molecular formula is C33H49ClO3. The molecule has 0 amide bonds. The van der Waals surface area contributed by atoms with Crippen molar-refractivity contribution in [3.8, 4) is 0 Å². The van der Waals surface area contributed by atoms with Gasteiger partial charge in [0, 0.05) is 17.8 Å². The second-order valence-electron chi connectivity index (χ2n) is 15.5. The van der Waals surface area contributed by atoms with E-state index in [0.717, 1.165) is 38.5 Å². The van der Waals surface area contributed by atoms with Gasteiger partial charge in [-0.2, -0.15) is 0 Å². The predicted molar refractivity (Wildman–Crippen MR) is 148 cm³/mol. The molecule has 3 nitrogen and oxygen atoms in total. The Hall–Kier alpha value is -0.830. The Labute approximate surface area is 229 Å². The van der Waals surface area contributed by atoms with Gasteiger partial charge in [0.15, 0.2) is 0 Å². The van der Waals surface area contributed by atoms with Crippen LogP contribution in [0.25, 0.3) is 0 Å². The maximum Gasteiger partial charge on any atom is 0.302 e. The molecule has 12 atom stereocenters. The van der Waals surface area contributed by atoms with Crippen LogP contribution >= 0.6 is 11.6 Å². The highest BCUT2D eigenvalue weighted by Gasteiger charge is 2.86. The molecule has 0 saturated heterocycles. The Kier molecular flexibility index (Phi) is 5.47. The first-order valence-electron chi connectivity index (χ1n) is 15.2. The summed E-state index contributed by atoms with van der Waals surface area (Å²) in [6.07, 6.45) is 11.2. The minimum Gasteiger partial charge on any atom is -0.462 e. The van der Waals surface area contributed by atoms with E-state index in [-0.39, 0.29) is 49.8 Å². The molecule has 4 heteroatoms. The maximum atomic E-state index is 13.1. The topological polar surface area (TPSA) is 43.4 Å². The molecule has 6 fully saturated rings. The van der Waals surface area contributed by atoms with Gasteiger partial charge >= 0.3 is 5.97 Å². The van der Waals surface area contributed by atoms with Crippen LogP contribution < -0.4 is 0 Å². The third-order valence-electron chi connectivity index (χ3n) is 15.4. The average Bonchev–Trinajstić information content (AvgIpc) is 3.12. The zero-order valence-electron chi connectivity index (χ0n) is 24.3. The van der Waals surface area contributed by atoms with Crippen molar-refractivity contribution in [1.82, 2.24) is 0 Å². The highest BCUT2D eigenvalue weighted by Crippen LogP contribution is 2.90. The lowest BCUT2D eigenvalue weighted by Gasteiger charge is -2.72. The number of allylic oxidation sites excluding steroid dienone is 1. The molecule has 0 heterocycles. The number of carbonyl (C=O) groups is 2. The zero-order valence-corrected chi connectivity index (χ0v) is 25.1. The fourth-order valence-corrected chi connectivity index (χ4v) is 13.8. The molecule has 0 aliphatic heterocycles. The van der Waals surface area contributed by atoms with Crippen LogP contribution in [-0.4, -0.2) is 17.3 Å². The Balaban J connectivity index is 1.40. The Morgan fingerprint density at radius 3 is 2.14 bits per heavy atom. The van der Waals surface area contributed by atoms with E-state index in [2.05, 4.69) is 48.1 Å². The van der Waals surface area contributed by atoms with E-state index in [9.17, 15) is 9.59 Å². The minimum atomic E-state index is -0.343. The molecule has 6 saturated carbocycles. The Bertz CT molecular complexity index is 1070. The first-order valence-corrected chi connectivity index (χ1v) is 15.6. The quantitative estimate of drug-likeness (QED) is 0.210. The standard InChI is InChI=1S/C33H49ClO3/c1-19(2)22-11-14-32(27(34)36)17-15-28(5)23(26(22)32)9-10-24-29(28,6)16-18-33-20(3)31(33,8)25(37-21(4)35)12-13-30(24,33)7/h20,22-26H,1,9-18H2,2-8H3/t20?,22-,23+,24-,25-,26+,28+,29+,30+,31?,32-,33-/m0/s1. The van der Waals surface area contributed by atoms with Gasteiger partial charge in [0.1, 0.15) is 6.10 Å². The van der Waals surface area contributed by atoms with Gasteiger partial charge in [-0.1, -0.05) is 46.8 Å². The van der Waals surface area contributed by atoms with Gasteiger partial charge in [0.25, 0.3) is 0 Å². The van der Waals surface area contributed by atoms with E-state index >= 15 is 0 Å². The summed E-state index contributed by atoms with van der Waals surface area (Å²) in [6.45, 7) is 20.9. The minimum absolute atomic E-state index is 0.0594. The summed E-state index contributed by atoms with van der Waals surface area (Å²) >= 11 is 6.48. The highest BCUT2D eigenvalue weighted by molar-refractivity contribution is 6.64. The normalized spacial score (nSPS) is 57.6. The van der Waals surface area contributed by atoms with Gasteiger partial charge in [-0.25, -0.2) is 0 Å². The van der Waals surface area contributed by atoms with Crippen LogP contribution in [0.3, 0.4) is 0 Å². The molecule has 0 radical (unpaired) electrons. The summed E-state index contributed by atoms with van der Waals surface area (Å²) in [5.41, 5.74) is 1.99. The van der Waals surface area contributed by atoms with Crippen molar-refractivity contribution in [3.63, 3.8) is 0 Å². The van der Waals surface area contributed by atoms with Gasteiger partial charge < -0.3 is 4.74 Å². The molecule has 1 spiro atoms. The van der Waals surface area contributed by atoms with Crippen LogP contribution in [-0.2, 0) is 14.3 Å². The number of esters is 1. The van der Waals surface area contributed by atoms with Crippen molar-refractivity contribution in [1.29, 1.82) is 0 Å². The van der Waals surface area contributed by atoms with Crippen LogP contribution in [0.15, 0.2) is 12.2 Å². The monoisotopic (exact) mass is 528 g/mol. The molecule has 0 aromatic heterocycles. The average molecular weight is 529 g/mol. The lowest BCUT2D eigenvalue weighted by molar-refractivity contribution is -0.238. The largest absolute Gasteiger partial charge is 0.462 e. The van der Waals surface area contributed by atoms with E-state index in [4.69, 9.17) is 16.3 Å². The first-order chi connectivity index (χ1) is 17.2. The molecule has 206 valence electrons. The molecule has 0 N–H and O–H groups in total. The van der Waals surface area contributed by atoms with Crippen molar-refractivity contribution in [2.45, 2.75) is 119 Å². The van der Waals surface area contributed by atoms with Crippen LogP contribution in [0.2, 0.25) is 0 Å². The van der Waals surface area contributed by atoms with Crippen LogP contribution in [0.4, 0.5) is 0 Å². The molecule has 0 bridgehead atoms. The van der Waals surface area contributed by atoms with Crippen LogP contribution in [0.1, 0.15) is 113 Å². The van der Waals surface area contributed by atoms with Crippen molar-refractivity contribution in [2.75, 3.05) is 0 Å². The van der Waals surface area contributed by atoms with Crippen molar-refractivity contribution in [2.24, 2.45) is 62.1 Å². The number of halogens is 1.